The third kappa shape index (κ3) is 4.94. The summed E-state index contributed by atoms with van der Waals surface area (Å²) in [6, 6.07) is 14.1. The summed E-state index contributed by atoms with van der Waals surface area (Å²) >= 11 is 6.27. The molecule has 0 saturated heterocycles. The highest BCUT2D eigenvalue weighted by Gasteiger charge is 2.32. The molecule has 1 heterocycles. The van der Waals surface area contributed by atoms with Crippen LogP contribution in [-0.4, -0.2) is 42.5 Å². The van der Waals surface area contributed by atoms with Gasteiger partial charge in [-0.3, -0.25) is 0 Å². The van der Waals surface area contributed by atoms with Crippen LogP contribution < -0.4 is 4.74 Å². The summed E-state index contributed by atoms with van der Waals surface area (Å²) in [4.78, 5) is 25.6. The lowest BCUT2D eigenvalue weighted by molar-refractivity contribution is 0.0549. The number of carbonyl (C=O) groups excluding carboxylic acids is 2. The minimum Gasteiger partial charge on any atom is -0.493 e. The van der Waals surface area contributed by atoms with E-state index in [-0.39, 0.29) is 17.0 Å². The van der Waals surface area contributed by atoms with Crippen molar-refractivity contribution >= 4 is 23.5 Å². The highest BCUT2D eigenvalue weighted by atomic mass is 35.5. The monoisotopic (exact) mass is 456 g/mol. The first-order valence-corrected chi connectivity index (χ1v) is 10.7. The van der Waals surface area contributed by atoms with E-state index in [0.717, 1.165) is 19.3 Å². The standard InChI is InChI=1S/C24H25ClN2O5/c1-4-5-9-14-32-19-13-12-16(25)15-18(19)21-20(23(28)30-2)22(24(29)31-3)27(26-21)17-10-7-6-8-11-17/h6-8,10-13,15H,4-5,9,14H2,1-3H3. The van der Waals surface area contributed by atoms with E-state index in [1.54, 1.807) is 42.5 Å². The number of para-hydroxylation sites is 1. The molecule has 1 aromatic heterocycles. The number of nitrogens with zero attached hydrogens (tertiary/aromatic N) is 2. The zero-order chi connectivity index (χ0) is 23.1. The van der Waals surface area contributed by atoms with Gasteiger partial charge in [0.15, 0.2) is 5.69 Å². The van der Waals surface area contributed by atoms with Crippen molar-refractivity contribution in [2.24, 2.45) is 0 Å². The van der Waals surface area contributed by atoms with Gasteiger partial charge >= 0.3 is 11.9 Å². The van der Waals surface area contributed by atoms with E-state index >= 15 is 0 Å². The number of aromatic nitrogens is 2. The normalized spacial score (nSPS) is 10.6. The molecule has 168 valence electrons. The molecule has 0 spiro atoms. The summed E-state index contributed by atoms with van der Waals surface area (Å²) < 4.78 is 17.3. The van der Waals surface area contributed by atoms with E-state index in [4.69, 9.17) is 25.8 Å². The molecule has 0 N–H and O–H groups in total. The summed E-state index contributed by atoms with van der Waals surface area (Å²) in [5.41, 5.74) is 1.21. The Morgan fingerprint density at radius 3 is 2.38 bits per heavy atom. The Bertz CT molecular complexity index is 1100. The molecule has 0 unspecified atom stereocenters. The van der Waals surface area contributed by atoms with Gasteiger partial charge in [0.2, 0.25) is 0 Å². The fourth-order valence-corrected chi connectivity index (χ4v) is 3.46. The molecule has 0 atom stereocenters. The van der Waals surface area contributed by atoms with Gasteiger partial charge in [-0.25, -0.2) is 14.3 Å². The third-order valence-corrected chi connectivity index (χ3v) is 5.09. The Morgan fingerprint density at radius 1 is 1.00 bits per heavy atom. The van der Waals surface area contributed by atoms with Crippen molar-refractivity contribution in [3.8, 4) is 22.7 Å². The molecule has 32 heavy (non-hydrogen) atoms. The second kappa shape index (κ2) is 10.8. The topological polar surface area (TPSA) is 79.7 Å². The first-order chi connectivity index (χ1) is 15.5. The Morgan fingerprint density at radius 2 is 1.72 bits per heavy atom. The Labute approximate surface area is 191 Å². The van der Waals surface area contributed by atoms with Crippen LogP contribution in [0.4, 0.5) is 0 Å². The smallest absolute Gasteiger partial charge is 0.357 e. The summed E-state index contributed by atoms with van der Waals surface area (Å²) in [7, 11) is 2.49. The third-order valence-electron chi connectivity index (χ3n) is 4.86. The van der Waals surface area contributed by atoms with Crippen molar-refractivity contribution in [3.05, 3.63) is 64.8 Å². The second-order valence-electron chi connectivity index (χ2n) is 7.00. The number of rotatable bonds is 9. The predicted octanol–water partition coefficient (Wildman–Crippen LogP) is 5.33. The van der Waals surface area contributed by atoms with Crippen LogP contribution >= 0.6 is 11.6 Å². The van der Waals surface area contributed by atoms with Crippen molar-refractivity contribution in [1.82, 2.24) is 9.78 Å². The van der Waals surface area contributed by atoms with Gasteiger partial charge in [0.25, 0.3) is 0 Å². The minimum absolute atomic E-state index is 0.0242. The summed E-state index contributed by atoms with van der Waals surface area (Å²) in [6.45, 7) is 2.61. The quantitative estimate of drug-likeness (QED) is 0.319. The van der Waals surface area contributed by atoms with Crippen molar-refractivity contribution in [2.45, 2.75) is 26.2 Å². The van der Waals surface area contributed by atoms with Crippen LogP contribution in [-0.2, 0) is 9.47 Å². The summed E-state index contributed by atoms with van der Waals surface area (Å²) in [6.07, 6.45) is 2.98. The number of ether oxygens (including phenoxy) is 3. The number of hydrogen-bond donors (Lipinski definition) is 0. The molecule has 0 aliphatic heterocycles. The van der Waals surface area contributed by atoms with Gasteiger partial charge < -0.3 is 14.2 Å². The average Bonchev–Trinajstić information content (AvgIpc) is 3.22. The minimum atomic E-state index is -0.723. The number of esters is 2. The molecule has 0 bridgehead atoms. The van der Waals surface area contributed by atoms with Gasteiger partial charge in [0.1, 0.15) is 17.0 Å². The Balaban J connectivity index is 2.25. The fraction of sp³-hybridized carbons (Fsp3) is 0.292. The lowest BCUT2D eigenvalue weighted by Crippen LogP contribution is -2.15. The Kier molecular flexibility index (Phi) is 7.89. The number of carbonyl (C=O) groups is 2. The Hall–Kier alpha value is -3.32. The van der Waals surface area contributed by atoms with Gasteiger partial charge in [-0.2, -0.15) is 5.10 Å². The molecule has 3 aromatic rings. The van der Waals surface area contributed by atoms with Crippen LogP contribution in [0.25, 0.3) is 16.9 Å². The van der Waals surface area contributed by atoms with Gasteiger partial charge in [0, 0.05) is 10.6 Å². The molecule has 3 rings (SSSR count). The van der Waals surface area contributed by atoms with Crippen LogP contribution in [0, 0.1) is 0 Å². The van der Waals surface area contributed by atoms with Gasteiger partial charge in [-0.1, -0.05) is 49.6 Å². The SMILES string of the molecule is CCCCCOc1ccc(Cl)cc1-c1nn(-c2ccccc2)c(C(=O)OC)c1C(=O)OC. The average molecular weight is 457 g/mol. The van der Waals surface area contributed by atoms with E-state index in [2.05, 4.69) is 12.0 Å². The van der Waals surface area contributed by atoms with Crippen LogP contribution in [0.15, 0.2) is 48.5 Å². The van der Waals surface area contributed by atoms with Crippen molar-refractivity contribution in [3.63, 3.8) is 0 Å². The number of hydrogen-bond acceptors (Lipinski definition) is 6. The number of methoxy groups -OCH3 is 2. The van der Waals surface area contributed by atoms with Gasteiger partial charge in [0.05, 0.1) is 26.5 Å². The maximum absolute atomic E-state index is 12.8. The van der Waals surface area contributed by atoms with Crippen LogP contribution in [0.3, 0.4) is 0 Å². The molecule has 7 nitrogen and oxygen atoms in total. The van der Waals surface area contributed by atoms with Crippen LogP contribution in [0.1, 0.15) is 47.0 Å². The van der Waals surface area contributed by atoms with E-state index in [9.17, 15) is 9.59 Å². The maximum atomic E-state index is 12.8. The molecule has 0 aliphatic rings. The molecule has 0 amide bonds. The van der Waals surface area contributed by atoms with Gasteiger partial charge in [-0.15, -0.1) is 0 Å². The highest BCUT2D eigenvalue weighted by Crippen LogP contribution is 2.36. The molecule has 0 fully saturated rings. The largest absolute Gasteiger partial charge is 0.493 e. The van der Waals surface area contributed by atoms with E-state index in [1.807, 2.05) is 6.07 Å². The summed E-state index contributed by atoms with van der Waals surface area (Å²) in [5.74, 6) is -0.940. The lowest BCUT2D eigenvalue weighted by Gasteiger charge is -2.11. The summed E-state index contributed by atoms with van der Waals surface area (Å²) in [5, 5.41) is 5.05. The zero-order valence-corrected chi connectivity index (χ0v) is 19.0. The van der Waals surface area contributed by atoms with Crippen LogP contribution in [0.2, 0.25) is 5.02 Å². The van der Waals surface area contributed by atoms with E-state index in [0.29, 0.717) is 28.6 Å². The number of unbranched alkanes of at least 4 members (excludes halogenated alkanes) is 2. The second-order valence-corrected chi connectivity index (χ2v) is 7.44. The molecule has 0 aliphatic carbocycles. The zero-order valence-electron chi connectivity index (χ0n) is 18.3. The van der Waals surface area contributed by atoms with Crippen molar-refractivity contribution in [2.75, 3.05) is 20.8 Å². The lowest BCUT2D eigenvalue weighted by atomic mass is 10.0. The first-order valence-electron chi connectivity index (χ1n) is 10.3. The number of benzene rings is 2. The van der Waals surface area contributed by atoms with Crippen molar-refractivity contribution < 1.29 is 23.8 Å². The first kappa shape index (κ1) is 23.3. The maximum Gasteiger partial charge on any atom is 0.357 e. The molecular weight excluding hydrogens is 432 g/mol. The van der Waals surface area contributed by atoms with Crippen LogP contribution in [0.5, 0.6) is 5.75 Å². The van der Waals surface area contributed by atoms with E-state index < -0.39 is 11.9 Å². The molecule has 2 aromatic carbocycles. The molecular formula is C24H25ClN2O5. The fourth-order valence-electron chi connectivity index (χ4n) is 3.29. The molecule has 0 radical (unpaired) electrons. The predicted molar refractivity (Wildman–Crippen MR) is 122 cm³/mol. The molecule has 0 saturated carbocycles. The van der Waals surface area contributed by atoms with Crippen molar-refractivity contribution in [1.29, 1.82) is 0 Å². The number of halogens is 1. The highest BCUT2D eigenvalue weighted by molar-refractivity contribution is 6.31. The van der Waals surface area contributed by atoms with E-state index in [1.165, 1.54) is 18.9 Å². The van der Waals surface area contributed by atoms with Gasteiger partial charge in [-0.05, 0) is 36.8 Å². The molecule has 8 heteroatoms.